The molecule has 1 heterocycles. The van der Waals surface area contributed by atoms with E-state index in [-0.39, 0.29) is 24.0 Å². The van der Waals surface area contributed by atoms with Gasteiger partial charge in [-0.3, -0.25) is 0 Å². The zero-order valence-electron chi connectivity index (χ0n) is 13.8. The fourth-order valence-electron chi connectivity index (χ4n) is 2.22. The summed E-state index contributed by atoms with van der Waals surface area (Å²) in [4.78, 5) is 6.53. The van der Waals surface area contributed by atoms with Gasteiger partial charge in [0, 0.05) is 25.8 Å². The first-order valence-corrected chi connectivity index (χ1v) is 7.54. The van der Waals surface area contributed by atoms with Crippen molar-refractivity contribution >= 4 is 29.9 Å². The van der Waals surface area contributed by atoms with Crippen molar-refractivity contribution in [1.29, 1.82) is 0 Å². The van der Waals surface area contributed by atoms with Gasteiger partial charge in [-0.15, -0.1) is 24.0 Å². The molecule has 7 heteroatoms. The van der Waals surface area contributed by atoms with E-state index in [4.69, 9.17) is 19.9 Å². The average Bonchev–Trinajstić information content (AvgIpc) is 2.55. The van der Waals surface area contributed by atoms with Gasteiger partial charge in [0.1, 0.15) is 12.4 Å². The van der Waals surface area contributed by atoms with Crippen molar-refractivity contribution in [2.24, 2.45) is 10.7 Å². The molecular weight excluding hydrogens is 409 g/mol. The van der Waals surface area contributed by atoms with Gasteiger partial charge in [0.15, 0.2) is 5.96 Å². The summed E-state index contributed by atoms with van der Waals surface area (Å²) in [6, 6.07) is 6.11. The Balaban J connectivity index is 0.00000264. The molecule has 23 heavy (non-hydrogen) atoms. The minimum atomic E-state index is 0. The second-order valence-corrected chi connectivity index (χ2v) is 5.23. The lowest BCUT2D eigenvalue weighted by Crippen LogP contribution is -2.44. The van der Waals surface area contributed by atoms with Crippen molar-refractivity contribution in [3.05, 3.63) is 29.3 Å². The molecule has 0 bridgehead atoms. The van der Waals surface area contributed by atoms with Gasteiger partial charge in [0.2, 0.25) is 0 Å². The van der Waals surface area contributed by atoms with Crippen molar-refractivity contribution < 1.29 is 14.2 Å². The number of aliphatic imine (C=N–C) groups is 1. The maximum Gasteiger partial charge on any atom is 0.191 e. The van der Waals surface area contributed by atoms with Gasteiger partial charge in [-0.2, -0.15) is 0 Å². The highest BCUT2D eigenvalue weighted by atomic mass is 127. The molecule has 1 aromatic rings. The quantitative estimate of drug-likeness (QED) is 0.320. The number of halogens is 1. The first-order valence-electron chi connectivity index (χ1n) is 7.54. The van der Waals surface area contributed by atoms with Crippen LogP contribution in [0.1, 0.15) is 11.1 Å². The number of benzene rings is 1. The van der Waals surface area contributed by atoms with Gasteiger partial charge in [-0.25, -0.2) is 4.99 Å². The Morgan fingerprint density at radius 2 is 2.04 bits per heavy atom. The topological polar surface area (TPSA) is 69.3 Å². The van der Waals surface area contributed by atoms with Crippen molar-refractivity contribution in [1.82, 2.24) is 4.90 Å². The van der Waals surface area contributed by atoms with Crippen LogP contribution in [0.2, 0.25) is 0 Å². The summed E-state index contributed by atoms with van der Waals surface area (Å²) in [5, 5.41) is 0. The van der Waals surface area contributed by atoms with Gasteiger partial charge in [0.25, 0.3) is 0 Å². The molecule has 1 aromatic carbocycles. The fourth-order valence-corrected chi connectivity index (χ4v) is 2.22. The SMILES string of the molecule is COCCOc1cc(C)ccc1CN=C(N)N1CCOCC1.I. The van der Waals surface area contributed by atoms with Gasteiger partial charge in [-0.05, 0) is 18.6 Å². The second-order valence-electron chi connectivity index (χ2n) is 5.23. The third kappa shape index (κ3) is 6.52. The molecule has 0 spiro atoms. The van der Waals surface area contributed by atoms with E-state index in [1.165, 1.54) is 0 Å². The Labute approximate surface area is 155 Å². The van der Waals surface area contributed by atoms with Crippen molar-refractivity contribution in [2.75, 3.05) is 46.6 Å². The molecule has 130 valence electrons. The van der Waals surface area contributed by atoms with Crippen LogP contribution in [0, 0.1) is 6.92 Å². The number of hydrogen-bond acceptors (Lipinski definition) is 4. The lowest BCUT2D eigenvalue weighted by atomic mass is 10.1. The molecular formula is C16H26IN3O3. The maximum absolute atomic E-state index is 6.06. The third-order valence-electron chi connectivity index (χ3n) is 3.51. The van der Waals surface area contributed by atoms with E-state index in [9.17, 15) is 0 Å². The summed E-state index contributed by atoms with van der Waals surface area (Å²) in [6.07, 6.45) is 0. The molecule has 1 aliphatic heterocycles. The predicted molar refractivity (Wildman–Crippen MR) is 102 cm³/mol. The molecule has 1 fully saturated rings. The molecule has 0 amide bonds. The maximum atomic E-state index is 6.06. The summed E-state index contributed by atoms with van der Waals surface area (Å²) in [7, 11) is 1.66. The van der Waals surface area contributed by atoms with Crippen LogP contribution in [0.3, 0.4) is 0 Å². The zero-order valence-corrected chi connectivity index (χ0v) is 16.1. The number of ether oxygens (including phenoxy) is 3. The number of hydrogen-bond donors (Lipinski definition) is 1. The largest absolute Gasteiger partial charge is 0.491 e. The molecule has 2 N–H and O–H groups in total. The highest BCUT2D eigenvalue weighted by molar-refractivity contribution is 14.0. The molecule has 0 saturated carbocycles. The first kappa shape index (κ1) is 20.0. The van der Waals surface area contributed by atoms with Gasteiger partial charge >= 0.3 is 0 Å². The summed E-state index contributed by atoms with van der Waals surface area (Å²) < 4.78 is 16.1. The van der Waals surface area contributed by atoms with E-state index in [1.807, 2.05) is 24.0 Å². The minimum absolute atomic E-state index is 0. The first-order chi connectivity index (χ1) is 10.7. The summed E-state index contributed by atoms with van der Waals surface area (Å²) in [5.74, 6) is 1.40. The summed E-state index contributed by atoms with van der Waals surface area (Å²) in [6.45, 7) is 6.62. The molecule has 0 aromatic heterocycles. The monoisotopic (exact) mass is 435 g/mol. The number of morpholine rings is 1. The van der Waals surface area contributed by atoms with E-state index >= 15 is 0 Å². The Morgan fingerprint density at radius 3 is 2.74 bits per heavy atom. The Bertz CT molecular complexity index is 505. The van der Waals surface area contributed by atoms with Gasteiger partial charge in [-0.1, -0.05) is 12.1 Å². The number of rotatable bonds is 6. The van der Waals surface area contributed by atoms with Crippen LogP contribution >= 0.6 is 24.0 Å². The third-order valence-corrected chi connectivity index (χ3v) is 3.51. The van der Waals surface area contributed by atoms with Crippen LogP contribution in [0.15, 0.2) is 23.2 Å². The van der Waals surface area contributed by atoms with E-state index in [0.717, 1.165) is 30.0 Å². The Morgan fingerprint density at radius 1 is 1.30 bits per heavy atom. The van der Waals surface area contributed by atoms with Crippen LogP contribution in [-0.2, 0) is 16.0 Å². The normalized spacial score (nSPS) is 15.2. The highest BCUT2D eigenvalue weighted by Crippen LogP contribution is 2.21. The molecule has 0 unspecified atom stereocenters. The number of guanidine groups is 1. The molecule has 0 radical (unpaired) electrons. The molecule has 2 rings (SSSR count). The molecule has 0 atom stereocenters. The van der Waals surface area contributed by atoms with Crippen LogP contribution in [-0.4, -0.2) is 57.5 Å². The summed E-state index contributed by atoms with van der Waals surface area (Å²) in [5.41, 5.74) is 8.24. The Hall–Kier alpha value is -1.06. The highest BCUT2D eigenvalue weighted by Gasteiger charge is 2.12. The summed E-state index contributed by atoms with van der Waals surface area (Å²) >= 11 is 0. The molecule has 1 aliphatic rings. The van der Waals surface area contributed by atoms with E-state index in [2.05, 4.69) is 11.1 Å². The Kier molecular flexibility index (Phi) is 9.27. The lowest BCUT2D eigenvalue weighted by Gasteiger charge is -2.27. The molecule has 0 aliphatic carbocycles. The van der Waals surface area contributed by atoms with E-state index in [1.54, 1.807) is 7.11 Å². The zero-order chi connectivity index (χ0) is 15.8. The smallest absolute Gasteiger partial charge is 0.191 e. The number of methoxy groups -OCH3 is 1. The lowest BCUT2D eigenvalue weighted by molar-refractivity contribution is 0.0674. The fraction of sp³-hybridized carbons (Fsp3) is 0.562. The number of nitrogens with two attached hydrogens (primary N) is 1. The van der Waals surface area contributed by atoms with Crippen LogP contribution in [0.4, 0.5) is 0 Å². The van der Waals surface area contributed by atoms with E-state index in [0.29, 0.717) is 38.9 Å². The van der Waals surface area contributed by atoms with Crippen LogP contribution in [0.5, 0.6) is 5.75 Å². The standard InChI is InChI=1S/C16H25N3O3.HI/c1-13-3-4-14(15(11-13)22-10-9-20-2)12-18-16(17)19-5-7-21-8-6-19;/h3-4,11H,5-10,12H2,1-2H3,(H2,17,18);1H. The molecule has 1 saturated heterocycles. The predicted octanol–water partition coefficient (Wildman–Crippen LogP) is 1.79. The van der Waals surface area contributed by atoms with Gasteiger partial charge < -0.3 is 24.8 Å². The average molecular weight is 435 g/mol. The van der Waals surface area contributed by atoms with Crippen LogP contribution in [0.25, 0.3) is 0 Å². The van der Waals surface area contributed by atoms with Gasteiger partial charge in [0.05, 0.1) is 26.4 Å². The minimum Gasteiger partial charge on any atom is -0.491 e. The van der Waals surface area contributed by atoms with Crippen LogP contribution < -0.4 is 10.5 Å². The van der Waals surface area contributed by atoms with Crippen molar-refractivity contribution in [3.63, 3.8) is 0 Å². The van der Waals surface area contributed by atoms with Crippen molar-refractivity contribution in [3.8, 4) is 5.75 Å². The van der Waals surface area contributed by atoms with Crippen molar-refractivity contribution in [2.45, 2.75) is 13.5 Å². The number of aryl methyl sites for hydroxylation is 1. The molecule has 6 nitrogen and oxygen atoms in total. The second kappa shape index (κ2) is 10.7. The number of nitrogens with zero attached hydrogens (tertiary/aromatic N) is 2. The van der Waals surface area contributed by atoms with E-state index < -0.39 is 0 Å².